The summed E-state index contributed by atoms with van der Waals surface area (Å²) in [4.78, 5) is 0. The monoisotopic (exact) mass is 156 g/mol. The van der Waals surface area contributed by atoms with E-state index in [2.05, 4.69) is 17.7 Å². The van der Waals surface area contributed by atoms with Crippen LogP contribution >= 0.6 is 0 Å². The van der Waals surface area contributed by atoms with Crippen molar-refractivity contribution in [3.8, 4) is 0 Å². The minimum Gasteiger partial charge on any atom is -0.319 e. The standard InChI is InChI=1S/C9H20N2/c1-10-7-8-5-3-4-6-9(8)11-2/h8-11H,3-7H2,1-2H3/t8-,9+/m1/s1. The molecule has 1 aliphatic rings. The summed E-state index contributed by atoms with van der Waals surface area (Å²) in [7, 11) is 4.12. The third kappa shape index (κ3) is 2.46. The Bertz CT molecular complexity index is 102. The van der Waals surface area contributed by atoms with E-state index in [-0.39, 0.29) is 0 Å². The Morgan fingerprint density at radius 1 is 1.18 bits per heavy atom. The number of nitrogens with one attached hydrogen (secondary N) is 2. The first-order chi connectivity index (χ1) is 5.38. The van der Waals surface area contributed by atoms with Crippen LogP contribution in [-0.2, 0) is 0 Å². The van der Waals surface area contributed by atoms with Gasteiger partial charge in [-0.3, -0.25) is 0 Å². The van der Waals surface area contributed by atoms with Crippen molar-refractivity contribution in [2.75, 3.05) is 20.6 Å². The molecule has 2 N–H and O–H groups in total. The number of hydrogen-bond acceptors (Lipinski definition) is 2. The molecule has 66 valence electrons. The van der Waals surface area contributed by atoms with Crippen LogP contribution in [0.3, 0.4) is 0 Å². The van der Waals surface area contributed by atoms with Crippen LogP contribution in [0.4, 0.5) is 0 Å². The van der Waals surface area contributed by atoms with Crippen LogP contribution < -0.4 is 10.6 Å². The maximum absolute atomic E-state index is 3.40. The third-order valence-corrected chi connectivity index (χ3v) is 2.75. The molecule has 0 aromatic rings. The second kappa shape index (κ2) is 4.73. The molecule has 2 heteroatoms. The fourth-order valence-corrected chi connectivity index (χ4v) is 2.09. The van der Waals surface area contributed by atoms with Crippen molar-refractivity contribution in [1.82, 2.24) is 10.6 Å². The van der Waals surface area contributed by atoms with Crippen molar-refractivity contribution in [3.63, 3.8) is 0 Å². The van der Waals surface area contributed by atoms with Crippen LogP contribution in [-0.4, -0.2) is 26.7 Å². The van der Waals surface area contributed by atoms with E-state index in [1.807, 2.05) is 7.05 Å². The quantitative estimate of drug-likeness (QED) is 0.636. The maximum Gasteiger partial charge on any atom is 0.0104 e. The molecular formula is C9H20N2. The lowest BCUT2D eigenvalue weighted by molar-refractivity contribution is 0.270. The smallest absolute Gasteiger partial charge is 0.0104 e. The SMILES string of the molecule is CNC[C@H]1CCCC[C@@H]1NC. The van der Waals surface area contributed by atoms with E-state index in [0.29, 0.717) is 0 Å². The van der Waals surface area contributed by atoms with Gasteiger partial charge in [-0.15, -0.1) is 0 Å². The lowest BCUT2D eigenvalue weighted by atomic mass is 9.84. The molecule has 0 radical (unpaired) electrons. The van der Waals surface area contributed by atoms with E-state index < -0.39 is 0 Å². The van der Waals surface area contributed by atoms with Gasteiger partial charge in [-0.1, -0.05) is 12.8 Å². The molecule has 0 unspecified atom stereocenters. The zero-order valence-corrected chi connectivity index (χ0v) is 7.69. The minimum absolute atomic E-state index is 0.760. The highest BCUT2D eigenvalue weighted by Crippen LogP contribution is 2.23. The van der Waals surface area contributed by atoms with E-state index in [9.17, 15) is 0 Å². The summed E-state index contributed by atoms with van der Waals surface area (Å²) in [6, 6.07) is 0.760. The van der Waals surface area contributed by atoms with Gasteiger partial charge in [0.05, 0.1) is 0 Å². The first-order valence-electron chi connectivity index (χ1n) is 4.70. The summed E-state index contributed by atoms with van der Waals surface area (Å²) in [5.74, 6) is 0.860. The number of rotatable bonds is 3. The van der Waals surface area contributed by atoms with Gasteiger partial charge in [-0.05, 0) is 39.4 Å². The van der Waals surface area contributed by atoms with Gasteiger partial charge in [0.2, 0.25) is 0 Å². The zero-order chi connectivity index (χ0) is 8.10. The molecule has 0 spiro atoms. The van der Waals surface area contributed by atoms with Gasteiger partial charge >= 0.3 is 0 Å². The van der Waals surface area contributed by atoms with E-state index in [1.54, 1.807) is 0 Å². The fourth-order valence-electron chi connectivity index (χ4n) is 2.09. The summed E-state index contributed by atoms with van der Waals surface area (Å²) in [5.41, 5.74) is 0. The Labute approximate surface area is 69.8 Å². The van der Waals surface area contributed by atoms with Crippen molar-refractivity contribution in [2.24, 2.45) is 5.92 Å². The van der Waals surface area contributed by atoms with Crippen molar-refractivity contribution in [1.29, 1.82) is 0 Å². The molecule has 1 fully saturated rings. The summed E-state index contributed by atoms with van der Waals surface area (Å²) in [5, 5.41) is 6.66. The molecule has 11 heavy (non-hydrogen) atoms. The van der Waals surface area contributed by atoms with Crippen LogP contribution in [0.15, 0.2) is 0 Å². The van der Waals surface area contributed by atoms with Crippen molar-refractivity contribution >= 4 is 0 Å². The summed E-state index contributed by atoms with van der Waals surface area (Å²) in [6.45, 7) is 1.17. The zero-order valence-electron chi connectivity index (χ0n) is 7.69. The normalized spacial score (nSPS) is 32.2. The van der Waals surface area contributed by atoms with Gasteiger partial charge < -0.3 is 10.6 Å². The predicted octanol–water partition coefficient (Wildman–Crippen LogP) is 0.984. The van der Waals surface area contributed by atoms with Crippen molar-refractivity contribution in [2.45, 2.75) is 31.7 Å². The highest BCUT2D eigenvalue weighted by atomic mass is 14.9. The lowest BCUT2D eigenvalue weighted by Gasteiger charge is -2.31. The molecule has 0 bridgehead atoms. The molecule has 0 heterocycles. The van der Waals surface area contributed by atoms with Crippen molar-refractivity contribution < 1.29 is 0 Å². The second-order valence-electron chi connectivity index (χ2n) is 3.50. The molecule has 2 nitrogen and oxygen atoms in total. The van der Waals surface area contributed by atoms with E-state index >= 15 is 0 Å². The molecule has 2 atom stereocenters. The second-order valence-corrected chi connectivity index (χ2v) is 3.50. The highest BCUT2D eigenvalue weighted by Gasteiger charge is 2.22. The van der Waals surface area contributed by atoms with Crippen LogP contribution in [0.5, 0.6) is 0 Å². The Morgan fingerprint density at radius 2 is 1.91 bits per heavy atom. The van der Waals surface area contributed by atoms with Gasteiger partial charge in [0.15, 0.2) is 0 Å². The molecular weight excluding hydrogens is 136 g/mol. The maximum atomic E-state index is 3.40. The molecule has 0 amide bonds. The van der Waals surface area contributed by atoms with Crippen molar-refractivity contribution in [3.05, 3.63) is 0 Å². The Balaban J connectivity index is 2.31. The first-order valence-corrected chi connectivity index (χ1v) is 4.70. The van der Waals surface area contributed by atoms with E-state index in [4.69, 9.17) is 0 Å². The van der Waals surface area contributed by atoms with Crippen LogP contribution in [0.25, 0.3) is 0 Å². The molecule has 1 rings (SSSR count). The Morgan fingerprint density at radius 3 is 2.55 bits per heavy atom. The van der Waals surface area contributed by atoms with Crippen LogP contribution in [0, 0.1) is 5.92 Å². The largest absolute Gasteiger partial charge is 0.319 e. The lowest BCUT2D eigenvalue weighted by Crippen LogP contribution is -2.40. The topological polar surface area (TPSA) is 24.1 Å². The molecule has 0 aromatic heterocycles. The Hall–Kier alpha value is -0.0800. The van der Waals surface area contributed by atoms with Gasteiger partial charge in [-0.2, -0.15) is 0 Å². The fraction of sp³-hybridized carbons (Fsp3) is 1.00. The molecule has 0 saturated heterocycles. The van der Waals surface area contributed by atoms with Gasteiger partial charge in [0.25, 0.3) is 0 Å². The minimum atomic E-state index is 0.760. The average molecular weight is 156 g/mol. The van der Waals surface area contributed by atoms with Crippen LogP contribution in [0.1, 0.15) is 25.7 Å². The molecule has 1 saturated carbocycles. The first kappa shape index (κ1) is 9.01. The van der Waals surface area contributed by atoms with E-state index in [1.165, 1.54) is 32.2 Å². The van der Waals surface area contributed by atoms with Gasteiger partial charge in [0, 0.05) is 6.04 Å². The average Bonchev–Trinajstić information content (AvgIpc) is 2.06. The van der Waals surface area contributed by atoms with Gasteiger partial charge in [0.1, 0.15) is 0 Å². The molecule has 1 aliphatic carbocycles. The summed E-state index contributed by atoms with van der Waals surface area (Å²) < 4.78 is 0. The predicted molar refractivity (Wildman–Crippen MR) is 48.7 cm³/mol. The number of hydrogen-bond donors (Lipinski definition) is 2. The summed E-state index contributed by atoms with van der Waals surface area (Å²) in [6.07, 6.45) is 5.59. The third-order valence-electron chi connectivity index (χ3n) is 2.75. The van der Waals surface area contributed by atoms with Gasteiger partial charge in [-0.25, -0.2) is 0 Å². The highest BCUT2D eigenvalue weighted by molar-refractivity contribution is 4.80. The Kier molecular flexibility index (Phi) is 3.87. The van der Waals surface area contributed by atoms with Crippen LogP contribution in [0.2, 0.25) is 0 Å². The molecule has 0 aliphatic heterocycles. The summed E-state index contributed by atoms with van der Waals surface area (Å²) >= 11 is 0. The molecule has 0 aromatic carbocycles. The van der Waals surface area contributed by atoms with E-state index in [0.717, 1.165) is 12.0 Å².